The van der Waals surface area contributed by atoms with Gasteiger partial charge in [-0.1, -0.05) is 18.2 Å². The summed E-state index contributed by atoms with van der Waals surface area (Å²) < 4.78 is 8.54. The highest BCUT2D eigenvalue weighted by Gasteiger charge is 2.37. The van der Waals surface area contributed by atoms with E-state index in [9.17, 15) is 0 Å². The summed E-state index contributed by atoms with van der Waals surface area (Å²) in [5.41, 5.74) is 3.99. The summed E-state index contributed by atoms with van der Waals surface area (Å²) in [5.74, 6) is 0. The van der Waals surface area contributed by atoms with E-state index in [0.29, 0.717) is 0 Å². The van der Waals surface area contributed by atoms with Gasteiger partial charge in [0.1, 0.15) is 5.60 Å². The zero-order chi connectivity index (χ0) is 14.3. The summed E-state index contributed by atoms with van der Waals surface area (Å²) in [7, 11) is 6.41. The van der Waals surface area contributed by atoms with Crippen LogP contribution < -0.4 is 0 Å². The van der Waals surface area contributed by atoms with E-state index >= 15 is 0 Å². The Bertz CT molecular complexity index is 629. The maximum atomic E-state index is 6.21. The Morgan fingerprint density at radius 2 is 2.05 bits per heavy atom. The van der Waals surface area contributed by atoms with Gasteiger partial charge in [0.2, 0.25) is 0 Å². The molecule has 0 bridgehead atoms. The normalized spacial score (nSPS) is 22.4. The molecule has 3 rings (SSSR count). The van der Waals surface area contributed by atoms with Crippen LogP contribution >= 0.6 is 0 Å². The Morgan fingerprint density at radius 3 is 2.80 bits per heavy atom. The summed E-state index contributed by atoms with van der Waals surface area (Å²) in [6.45, 7) is 4.11. The molecule has 3 nitrogen and oxygen atoms in total. The predicted octanol–water partition coefficient (Wildman–Crippen LogP) is 2.92. The molecule has 1 aromatic carbocycles. The first-order valence-electron chi connectivity index (χ1n) is 7.38. The van der Waals surface area contributed by atoms with Crippen LogP contribution in [0.4, 0.5) is 0 Å². The summed E-state index contributed by atoms with van der Waals surface area (Å²) in [6, 6.07) is 8.70. The minimum Gasteiger partial charge on any atom is -0.369 e. The Morgan fingerprint density at radius 1 is 1.30 bits per heavy atom. The Labute approximate surface area is 121 Å². The largest absolute Gasteiger partial charge is 0.369 e. The Hall–Kier alpha value is -1.32. The molecule has 2 aromatic rings. The number of aromatic nitrogens is 1. The van der Waals surface area contributed by atoms with Crippen LogP contribution in [-0.2, 0) is 23.8 Å². The van der Waals surface area contributed by atoms with Gasteiger partial charge in [0, 0.05) is 24.5 Å². The molecule has 1 aliphatic rings. The standard InChI is InChI=1S/C17H24N2O/c1-17(10-11-18(2)3)16-14(9-12-20-17)13-7-5-6-8-15(13)19(16)4/h5-8H,9-12H2,1-4H3. The Balaban J connectivity index is 2.12. The number of para-hydroxylation sites is 1. The second kappa shape index (κ2) is 4.90. The average Bonchev–Trinajstić information content (AvgIpc) is 2.73. The summed E-state index contributed by atoms with van der Waals surface area (Å²) in [6.07, 6.45) is 2.05. The molecule has 0 radical (unpaired) electrons. The molecule has 0 N–H and O–H groups in total. The average molecular weight is 272 g/mol. The van der Waals surface area contributed by atoms with Crippen molar-refractivity contribution in [1.82, 2.24) is 9.47 Å². The van der Waals surface area contributed by atoms with Crippen LogP contribution in [0.5, 0.6) is 0 Å². The van der Waals surface area contributed by atoms with Crippen molar-refractivity contribution in [2.45, 2.75) is 25.4 Å². The number of ether oxygens (including phenoxy) is 1. The number of rotatable bonds is 3. The zero-order valence-electron chi connectivity index (χ0n) is 12.9. The quantitative estimate of drug-likeness (QED) is 0.855. The van der Waals surface area contributed by atoms with Crippen molar-refractivity contribution in [3.63, 3.8) is 0 Å². The predicted molar refractivity (Wildman–Crippen MR) is 83.1 cm³/mol. The molecule has 1 unspecified atom stereocenters. The third-order valence-electron chi connectivity index (χ3n) is 4.52. The Kier molecular flexibility index (Phi) is 3.35. The van der Waals surface area contributed by atoms with Crippen molar-refractivity contribution in [1.29, 1.82) is 0 Å². The van der Waals surface area contributed by atoms with E-state index in [0.717, 1.165) is 26.0 Å². The topological polar surface area (TPSA) is 17.4 Å². The maximum absolute atomic E-state index is 6.21. The zero-order valence-corrected chi connectivity index (χ0v) is 12.9. The van der Waals surface area contributed by atoms with Gasteiger partial charge in [-0.2, -0.15) is 0 Å². The molecular formula is C17H24N2O. The lowest BCUT2D eigenvalue weighted by Crippen LogP contribution is -2.37. The highest BCUT2D eigenvalue weighted by molar-refractivity contribution is 5.86. The van der Waals surface area contributed by atoms with Gasteiger partial charge < -0.3 is 14.2 Å². The van der Waals surface area contributed by atoms with Gasteiger partial charge >= 0.3 is 0 Å². The molecule has 108 valence electrons. The minimum atomic E-state index is -0.175. The lowest BCUT2D eigenvalue weighted by atomic mass is 9.90. The van der Waals surface area contributed by atoms with Crippen molar-refractivity contribution in [3.8, 4) is 0 Å². The third kappa shape index (κ3) is 2.05. The first-order chi connectivity index (χ1) is 9.53. The molecule has 3 heteroatoms. The number of benzene rings is 1. The second-order valence-electron chi connectivity index (χ2n) is 6.29. The molecule has 0 spiro atoms. The molecular weight excluding hydrogens is 248 g/mol. The van der Waals surface area contributed by atoms with Crippen molar-refractivity contribution in [3.05, 3.63) is 35.5 Å². The van der Waals surface area contributed by atoms with E-state index in [4.69, 9.17) is 4.74 Å². The fraction of sp³-hybridized carbons (Fsp3) is 0.529. The lowest BCUT2D eigenvalue weighted by molar-refractivity contribution is -0.0600. The van der Waals surface area contributed by atoms with E-state index in [2.05, 4.69) is 61.8 Å². The number of aryl methyl sites for hydroxylation is 1. The molecule has 2 heterocycles. The molecule has 20 heavy (non-hydrogen) atoms. The fourth-order valence-electron chi connectivity index (χ4n) is 3.47. The molecule has 0 saturated carbocycles. The van der Waals surface area contributed by atoms with E-state index in [1.807, 2.05) is 0 Å². The van der Waals surface area contributed by atoms with Gasteiger partial charge in [-0.3, -0.25) is 0 Å². The van der Waals surface area contributed by atoms with Crippen molar-refractivity contribution in [2.75, 3.05) is 27.2 Å². The molecule has 0 fully saturated rings. The monoisotopic (exact) mass is 272 g/mol. The van der Waals surface area contributed by atoms with Gasteiger partial charge in [0.25, 0.3) is 0 Å². The van der Waals surface area contributed by atoms with Gasteiger partial charge in [0.15, 0.2) is 0 Å². The molecule has 1 aromatic heterocycles. The number of hydrogen-bond acceptors (Lipinski definition) is 2. The van der Waals surface area contributed by atoms with E-state index < -0.39 is 0 Å². The van der Waals surface area contributed by atoms with Crippen LogP contribution in [0.3, 0.4) is 0 Å². The van der Waals surface area contributed by atoms with Crippen LogP contribution in [0.25, 0.3) is 10.9 Å². The molecule has 0 saturated heterocycles. The maximum Gasteiger partial charge on any atom is 0.107 e. The van der Waals surface area contributed by atoms with Crippen LogP contribution in [0.1, 0.15) is 24.6 Å². The number of fused-ring (bicyclic) bond motifs is 3. The summed E-state index contributed by atoms with van der Waals surface area (Å²) in [5, 5.41) is 1.39. The first kappa shape index (κ1) is 13.7. The van der Waals surface area contributed by atoms with Crippen LogP contribution in [-0.4, -0.2) is 36.7 Å². The SMILES string of the molecule is CN(C)CCC1(C)OCCc2c1n(C)c1ccccc21. The van der Waals surface area contributed by atoms with Crippen molar-refractivity contribution in [2.24, 2.45) is 7.05 Å². The third-order valence-corrected chi connectivity index (χ3v) is 4.52. The van der Waals surface area contributed by atoms with Gasteiger partial charge in [-0.25, -0.2) is 0 Å². The molecule has 1 atom stereocenters. The lowest BCUT2D eigenvalue weighted by Gasteiger charge is -2.36. The van der Waals surface area contributed by atoms with Crippen molar-refractivity contribution < 1.29 is 4.74 Å². The number of nitrogens with zero attached hydrogens (tertiary/aromatic N) is 2. The fourth-order valence-corrected chi connectivity index (χ4v) is 3.47. The number of hydrogen-bond donors (Lipinski definition) is 0. The molecule has 0 aliphatic carbocycles. The summed E-state index contributed by atoms with van der Waals surface area (Å²) in [4.78, 5) is 2.23. The van der Waals surface area contributed by atoms with Crippen LogP contribution in [0, 0.1) is 0 Å². The molecule has 0 amide bonds. The van der Waals surface area contributed by atoms with Crippen LogP contribution in [0.2, 0.25) is 0 Å². The first-order valence-corrected chi connectivity index (χ1v) is 7.38. The van der Waals surface area contributed by atoms with Gasteiger partial charge in [-0.05, 0) is 45.5 Å². The van der Waals surface area contributed by atoms with Gasteiger partial charge in [-0.15, -0.1) is 0 Å². The minimum absolute atomic E-state index is 0.175. The van der Waals surface area contributed by atoms with E-state index in [1.165, 1.54) is 22.2 Å². The second-order valence-corrected chi connectivity index (χ2v) is 6.29. The highest BCUT2D eigenvalue weighted by atomic mass is 16.5. The molecule has 1 aliphatic heterocycles. The highest BCUT2D eigenvalue weighted by Crippen LogP contribution is 2.40. The van der Waals surface area contributed by atoms with Crippen molar-refractivity contribution >= 4 is 10.9 Å². The summed E-state index contributed by atoms with van der Waals surface area (Å²) >= 11 is 0. The van der Waals surface area contributed by atoms with E-state index in [1.54, 1.807) is 0 Å². The van der Waals surface area contributed by atoms with Crippen LogP contribution in [0.15, 0.2) is 24.3 Å². The van der Waals surface area contributed by atoms with Gasteiger partial charge in [0.05, 0.1) is 12.3 Å². The smallest absolute Gasteiger partial charge is 0.107 e. The van der Waals surface area contributed by atoms with E-state index in [-0.39, 0.29) is 5.60 Å².